The van der Waals surface area contributed by atoms with Gasteiger partial charge in [-0.05, 0) is 48.9 Å². The van der Waals surface area contributed by atoms with Gasteiger partial charge in [0.2, 0.25) is 5.91 Å². The normalized spacial score (nSPS) is 19.7. The summed E-state index contributed by atoms with van der Waals surface area (Å²) in [7, 11) is 1.65. The Balaban J connectivity index is 1.28. The number of nitrogens with one attached hydrogen (secondary N) is 1. The van der Waals surface area contributed by atoms with Crippen molar-refractivity contribution in [2.24, 2.45) is 5.92 Å². The van der Waals surface area contributed by atoms with Gasteiger partial charge < -0.3 is 19.9 Å². The van der Waals surface area contributed by atoms with Crippen LogP contribution in [0.15, 0.2) is 35.7 Å². The number of ether oxygens (including phenoxy) is 1. The lowest BCUT2D eigenvalue weighted by Gasteiger charge is -2.31. The first-order valence-electron chi connectivity index (χ1n) is 10.3. The SMILES string of the molecule is COc1ccc(Cl)cc1N1CCC(NC(=O)C2CCN(C(=O)c3cccs3)CC2)C1. The molecule has 8 heteroatoms. The van der Waals surface area contributed by atoms with Crippen LogP contribution in [0.1, 0.15) is 28.9 Å². The van der Waals surface area contributed by atoms with E-state index in [1.165, 1.54) is 11.3 Å². The molecule has 0 bridgehead atoms. The summed E-state index contributed by atoms with van der Waals surface area (Å²) in [4.78, 5) is 30.1. The van der Waals surface area contributed by atoms with Gasteiger partial charge in [-0.1, -0.05) is 17.7 Å². The van der Waals surface area contributed by atoms with Crippen molar-refractivity contribution >= 4 is 40.4 Å². The highest BCUT2D eigenvalue weighted by atomic mass is 35.5. The average molecular weight is 448 g/mol. The van der Waals surface area contributed by atoms with Gasteiger partial charge in [0.05, 0.1) is 17.7 Å². The van der Waals surface area contributed by atoms with E-state index in [-0.39, 0.29) is 23.8 Å². The fourth-order valence-corrected chi connectivity index (χ4v) is 5.08. The van der Waals surface area contributed by atoms with E-state index in [0.29, 0.717) is 31.0 Å². The van der Waals surface area contributed by atoms with Gasteiger partial charge in [-0.15, -0.1) is 11.3 Å². The number of carbonyl (C=O) groups excluding carboxylic acids is 2. The molecule has 2 aliphatic rings. The van der Waals surface area contributed by atoms with Crippen LogP contribution in [0.3, 0.4) is 0 Å². The second kappa shape index (κ2) is 9.27. The van der Waals surface area contributed by atoms with Crippen molar-refractivity contribution in [3.8, 4) is 5.75 Å². The molecule has 2 fully saturated rings. The number of amides is 2. The summed E-state index contributed by atoms with van der Waals surface area (Å²) in [6, 6.07) is 9.44. The zero-order valence-corrected chi connectivity index (χ0v) is 18.5. The molecule has 2 aromatic rings. The highest BCUT2D eigenvalue weighted by Gasteiger charge is 2.31. The van der Waals surface area contributed by atoms with Crippen LogP contribution >= 0.6 is 22.9 Å². The standard InChI is InChI=1S/C22H26ClN3O3S/c1-29-19-5-4-16(23)13-18(19)26-11-8-17(14-26)24-21(27)15-6-9-25(10-7-15)22(28)20-3-2-12-30-20/h2-5,12-13,15,17H,6-11,14H2,1H3,(H,24,27). The number of thiophene rings is 1. The van der Waals surface area contributed by atoms with Gasteiger partial charge in [0.1, 0.15) is 5.75 Å². The van der Waals surface area contributed by atoms with Crippen molar-refractivity contribution in [2.45, 2.75) is 25.3 Å². The molecule has 1 aromatic heterocycles. The smallest absolute Gasteiger partial charge is 0.263 e. The van der Waals surface area contributed by atoms with Crippen molar-refractivity contribution < 1.29 is 14.3 Å². The molecule has 0 saturated carbocycles. The van der Waals surface area contributed by atoms with Crippen LogP contribution in [-0.2, 0) is 4.79 Å². The summed E-state index contributed by atoms with van der Waals surface area (Å²) in [6.07, 6.45) is 2.31. The number of anilines is 1. The minimum absolute atomic E-state index is 0.0351. The van der Waals surface area contributed by atoms with E-state index in [2.05, 4.69) is 10.2 Å². The van der Waals surface area contributed by atoms with E-state index in [0.717, 1.165) is 35.8 Å². The van der Waals surface area contributed by atoms with Gasteiger partial charge in [-0.3, -0.25) is 9.59 Å². The minimum Gasteiger partial charge on any atom is -0.495 e. The first kappa shape index (κ1) is 21.0. The van der Waals surface area contributed by atoms with E-state index < -0.39 is 0 Å². The second-order valence-electron chi connectivity index (χ2n) is 7.80. The maximum absolute atomic E-state index is 12.8. The number of nitrogens with zero attached hydrogens (tertiary/aromatic N) is 2. The average Bonchev–Trinajstić information content (AvgIpc) is 3.46. The number of halogens is 1. The summed E-state index contributed by atoms with van der Waals surface area (Å²) in [6.45, 7) is 2.84. The van der Waals surface area contributed by atoms with Crippen molar-refractivity contribution in [1.29, 1.82) is 0 Å². The van der Waals surface area contributed by atoms with Crippen LogP contribution in [0.2, 0.25) is 5.02 Å². The van der Waals surface area contributed by atoms with Crippen molar-refractivity contribution in [3.63, 3.8) is 0 Å². The Hall–Kier alpha value is -2.25. The van der Waals surface area contributed by atoms with E-state index in [1.54, 1.807) is 7.11 Å². The number of likely N-dealkylation sites (tertiary alicyclic amines) is 1. The Morgan fingerprint density at radius 1 is 1.17 bits per heavy atom. The van der Waals surface area contributed by atoms with E-state index in [9.17, 15) is 9.59 Å². The van der Waals surface area contributed by atoms with Crippen LogP contribution in [0.4, 0.5) is 5.69 Å². The molecule has 160 valence electrons. The molecular formula is C22H26ClN3O3S. The Bertz CT molecular complexity index is 897. The molecule has 1 atom stereocenters. The lowest BCUT2D eigenvalue weighted by atomic mass is 9.95. The van der Waals surface area contributed by atoms with Gasteiger partial charge in [-0.2, -0.15) is 0 Å². The predicted octanol–water partition coefficient (Wildman–Crippen LogP) is 3.66. The first-order chi connectivity index (χ1) is 14.5. The summed E-state index contributed by atoms with van der Waals surface area (Å²) < 4.78 is 5.46. The fraction of sp³-hybridized carbons (Fsp3) is 0.455. The predicted molar refractivity (Wildman–Crippen MR) is 120 cm³/mol. The molecule has 3 heterocycles. The fourth-order valence-electron chi connectivity index (χ4n) is 4.23. The first-order valence-corrected chi connectivity index (χ1v) is 11.5. The lowest BCUT2D eigenvalue weighted by molar-refractivity contribution is -0.126. The third-order valence-electron chi connectivity index (χ3n) is 5.90. The van der Waals surface area contributed by atoms with Gasteiger partial charge >= 0.3 is 0 Å². The Morgan fingerprint density at radius 2 is 1.97 bits per heavy atom. The molecular weight excluding hydrogens is 422 g/mol. The van der Waals surface area contributed by atoms with Crippen LogP contribution in [0.5, 0.6) is 5.75 Å². The second-order valence-corrected chi connectivity index (χ2v) is 9.18. The number of hydrogen-bond donors (Lipinski definition) is 1. The molecule has 6 nitrogen and oxygen atoms in total. The number of carbonyl (C=O) groups is 2. The minimum atomic E-state index is -0.0351. The number of methoxy groups -OCH3 is 1. The van der Waals surface area contributed by atoms with Crippen LogP contribution in [-0.4, -0.2) is 56.0 Å². The van der Waals surface area contributed by atoms with Crippen molar-refractivity contribution in [2.75, 3.05) is 38.2 Å². The molecule has 1 N–H and O–H groups in total. The molecule has 0 radical (unpaired) electrons. The highest BCUT2D eigenvalue weighted by Crippen LogP contribution is 2.33. The topological polar surface area (TPSA) is 61.9 Å². The molecule has 1 unspecified atom stereocenters. The van der Waals surface area contributed by atoms with Crippen molar-refractivity contribution in [1.82, 2.24) is 10.2 Å². The molecule has 2 amide bonds. The van der Waals surface area contributed by atoms with E-state index in [1.807, 2.05) is 40.6 Å². The third kappa shape index (κ3) is 4.57. The zero-order valence-electron chi connectivity index (χ0n) is 17.0. The zero-order chi connectivity index (χ0) is 21.1. The summed E-state index contributed by atoms with van der Waals surface area (Å²) in [5.41, 5.74) is 0.960. The highest BCUT2D eigenvalue weighted by molar-refractivity contribution is 7.12. The molecule has 2 saturated heterocycles. The monoisotopic (exact) mass is 447 g/mol. The Kier molecular flexibility index (Phi) is 6.49. The number of benzene rings is 1. The number of rotatable bonds is 5. The maximum Gasteiger partial charge on any atom is 0.263 e. The van der Waals surface area contributed by atoms with E-state index >= 15 is 0 Å². The molecule has 4 rings (SSSR count). The molecule has 1 aromatic carbocycles. The quantitative estimate of drug-likeness (QED) is 0.759. The largest absolute Gasteiger partial charge is 0.495 e. The van der Waals surface area contributed by atoms with Crippen LogP contribution < -0.4 is 15.0 Å². The van der Waals surface area contributed by atoms with Gasteiger partial charge in [-0.25, -0.2) is 0 Å². The van der Waals surface area contributed by atoms with Crippen LogP contribution in [0, 0.1) is 5.92 Å². The Morgan fingerprint density at radius 3 is 2.67 bits per heavy atom. The lowest BCUT2D eigenvalue weighted by Crippen LogP contribution is -2.45. The third-order valence-corrected chi connectivity index (χ3v) is 6.99. The number of hydrogen-bond acceptors (Lipinski definition) is 5. The summed E-state index contributed by atoms with van der Waals surface area (Å²) in [5.74, 6) is 0.926. The van der Waals surface area contributed by atoms with Crippen molar-refractivity contribution in [3.05, 3.63) is 45.6 Å². The summed E-state index contributed by atoms with van der Waals surface area (Å²) >= 11 is 7.62. The van der Waals surface area contributed by atoms with Gasteiger partial charge in [0.25, 0.3) is 5.91 Å². The maximum atomic E-state index is 12.8. The number of piperidine rings is 1. The van der Waals surface area contributed by atoms with E-state index in [4.69, 9.17) is 16.3 Å². The Labute approximate surface area is 185 Å². The molecule has 0 spiro atoms. The molecule has 2 aliphatic heterocycles. The van der Waals surface area contributed by atoms with Gasteiger partial charge in [0.15, 0.2) is 0 Å². The molecule has 0 aliphatic carbocycles. The van der Waals surface area contributed by atoms with Gasteiger partial charge in [0, 0.05) is 43.2 Å². The molecule has 30 heavy (non-hydrogen) atoms. The van der Waals surface area contributed by atoms with Crippen LogP contribution in [0.25, 0.3) is 0 Å². The summed E-state index contributed by atoms with van der Waals surface area (Å²) in [5, 5.41) is 5.80.